The van der Waals surface area contributed by atoms with Crippen LogP contribution in [0.15, 0.2) is 54.9 Å². The molecule has 0 bridgehead atoms. The van der Waals surface area contributed by atoms with E-state index < -0.39 is 0 Å². The zero-order chi connectivity index (χ0) is 24.8. The lowest BCUT2D eigenvalue weighted by molar-refractivity contribution is 0.348. The second-order valence-corrected chi connectivity index (χ2v) is 8.94. The molecule has 4 rings (SSSR count). The third kappa shape index (κ3) is 9.37. The van der Waals surface area contributed by atoms with Crippen molar-refractivity contribution < 1.29 is 0 Å². The van der Waals surface area contributed by atoms with Crippen LogP contribution in [-0.4, -0.2) is 9.55 Å². The first kappa shape index (κ1) is 29.0. The van der Waals surface area contributed by atoms with E-state index >= 15 is 0 Å². The van der Waals surface area contributed by atoms with Crippen molar-refractivity contribution in [2.45, 2.75) is 93.5 Å². The van der Waals surface area contributed by atoms with Gasteiger partial charge in [-0.05, 0) is 92.5 Å². The van der Waals surface area contributed by atoms with E-state index in [1.165, 1.54) is 53.8 Å². The summed E-state index contributed by atoms with van der Waals surface area (Å²) in [4.78, 5) is 4.03. The van der Waals surface area contributed by atoms with Crippen LogP contribution in [0.4, 0.5) is 0 Å². The molecule has 0 saturated heterocycles. The van der Waals surface area contributed by atoms with Gasteiger partial charge < -0.3 is 4.57 Å². The molecule has 2 aromatic heterocycles. The summed E-state index contributed by atoms with van der Waals surface area (Å²) in [6, 6.07) is 14.7. The van der Waals surface area contributed by atoms with Crippen LogP contribution in [0.25, 0.3) is 0 Å². The number of pyridine rings is 1. The first-order valence-electron chi connectivity index (χ1n) is 12.7. The van der Waals surface area contributed by atoms with E-state index in [0.29, 0.717) is 0 Å². The highest BCUT2D eigenvalue weighted by Crippen LogP contribution is 2.35. The molecule has 1 fully saturated rings. The van der Waals surface area contributed by atoms with Gasteiger partial charge in [-0.3, -0.25) is 4.98 Å². The molecule has 33 heavy (non-hydrogen) atoms. The monoisotopic (exact) mass is 468 g/mol. The van der Waals surface area contributed by atoms with E-state index in [1.807, 2.05) is 52.2 Å². The van der Waals surface area contributed by atoms with Crippen LogP contribution in [0.3, 0.4) is 0 Å². The number of benzene rings is 1. The highest BCUT2D eigenvalue weighted by atomic mass is 35.5. The fourth-order valence-electron chi connectivity index (χ4n) is 4.22. The molecule has 2 heterocycles. The maximum atomic E-state index is 5.87. The molecule has 1 aliphatic carbocycles. The number of hydrogen-bond donors (Lipinski definition) is 0. The lowest BCUT2D eigenvalue weighted by atomic mass is 9.79. The average Bonchev–Trinajstić information content (AvgIpc) is 3.10. The molecule has 182 valence electrons. The lowest BCUT2D eigenvalue weighted by Gasteiger charge is -2.26. The molecule has 1 aliphatic rings. The van der Waals surface area contributed by atoms with Gasteiger partial charge >= 0.3 is 0 Å². The van der Waals surface area contributed by atoms with Gasteiger partial charge in [-0.1, -0.05) is 71.2 Å². The van der Waals surface area contributed by atoms with Gasteiger partial charge in [-0.15, -0.1) is 0 Å². The summed E-state index contributed by atoms with van der Waals surface area (Å²) in [7, 11) is 0. The SMILES string of the molecule is CC.CC.CC1CCC(c2ccc(Cl)cc2)CC1.Cc1cc(C)n(Cc2ccncc2)c1C. The van der Waals surface area contributed by atoms with Gasteiger partial charge in [0, 0.05) is 35.3 Å². The van der Waals surface area contributed by atoms with Crippen molar-refractivity contribution in [1.82, 2.24) is 9.55 Å². The van der Waals surface area contributed by atoms with Crippen LogP contribution in [0.1, 0.15) is 94.3 Å². The van der Waals surface area contributed by atoms with Crippen molar-refractivity contribution in [3.63, 3.8) is 0 Å². The van der Waals surface area contributed by atoms with E-state index in [0.717, 1.165) is 23.4 Å². The number of aromatic nitrogens is 2. The first-order valence-corrected chi connectivity index (χ1v) is 13.1. The van der Waals surface area contributed by atoms with E-state index in [1.54, 1.807) is 0 Å². The minimum atomic E-state index is 0.781. The Labute approximate surface area is 208 Å². The van der Waals surface area contributed by atoms with Gasteiger partial charge in [-0.2, -0.15) is 0 Å². The fourth-order valence-corrected chi connectivity index (χ4v) is 4.34. The summed E-state index contributed by atoms with van der Waals surface area (Å²) in [6.45, 7) is 17.8. The number of nitrogens with zero attached hydrogens (tertiary/aromatic N) is 2. The largest absolute Gasteiger partial charge is 0.345 e. The van der Waals surface area contributed by atoms with E-state index in [-0.39, 0.29) is 0 Å². The van der Waals surface area contributed by atoms with E-state index in [4.69, 9.17) is 11.6 Å². The van der Waals surface area contributed by atoms with Crippen LogP contribution >= 0.6 is 11.6 Å². The molecular formula is C30H45ClN2. The summed E-state index contributed by atoms with van der Waals surface area (Å²) in [5.41, 5.74) is 6.81. The van der Waals surface area contributed by atoms with E-state index in [2.05, 4.69) is 67.6 Å². The highest BCUT2D eigenvalue weighted by molar-refractivity contribution is 6.30. The van der Waals surface area contributed by atoms with Crippen molar-refractivity contribution in [2.24, 2.45) is 5.92 Å². The molecule has 0 unspecified atom stereocenters. The van der Waals surface area contributed by atoms with Crippen LogP contribution in [0.5, 0.6) is 0 Å². The molecule has 3 aromatic rings. The zero-order valence-corrected chi connectivity index (χ0v) is 22.9. The molecule has 0 spiro atoms. The predicted octanol–water partition coefficient (Wildman–Crippen LogP) is 9.54. The van der Waals surface area contributed by atoms with Gasteiger partial charge in [0.05, 0.1) is 0 Å². The summed E-state index contributed by atoms with van der Waals surface area (Å²) in [5.74, 6) is 1.71. The number of hydrogen-bond acceptors (Lipinski definition) is 1. The highest BCUT2D eigenvalue weighted by Gasteiger charge is 2.19. The van der Waals surface area contributed by atoms with Gasteiger partial charge in [0.15, 0.2) is 0 Å². The maximum Gasteiger partial charge on any atom is 0.0476 e. The number of aryl methyl sites for hydroxylation is 2. The molecule has 0 N–H and O–H groups in total. The van der Waals surface area contributed by atoms with Crippen LogP contribution in [0.2, 0.25) is 5.02 Å². The molecule has 0 amide bonds. The lowest BCUT2D eigenvalue weighted by Crippen LogP contribution is -2.10. The second-order valence-electron chi connectivity index (χ2n) is 8.50. The Morgan fingerprint density at radius 2 is 1.39 bits per heavy atom. The second kappa shape index (κ2) is 15.7. The van der Waals surface area contributed by atoms with Gasteiger partial charge in [-0.25, -0.2) is 0 Å². The normalized spacial score (nSPS) is 16.9. The van der Waals surface area contributed by atoms with Crippen molar-refractivity contribution >= 4 is 11.6 Å². The smallest absolute Gasteiger partial charge is 0.0476 e. The Morgan fingerprint density at radius 3 is 1.88 bits per heavy atom. The average molecular weight is 469 g/mol. The standard InChI is InChI=1S/C13H17Cl.C13H16N2.2C2H6/c1-10-2-4-11(5-3-10)12-6-8-13(14)9-7-12;1-10-8-11(2)15(12(10)3)9-13-4-6-14-7-5-13;2*1-2/h6-11H,2-5H2,1H3;4-8H,9H2,1-3H3;2*1-2H3. The van der Waals surface area contributed by atoms with Crippen LogP contribution < -0.4 is 0 Å². The van der Waals surface area contributed by atoms with Gasteiger partial charge in [0.25, 0.3) is 0 Å². The number of rotatable bonds is 3. The molecule has 2 nitrogen and oxygen atoms in total. The zero-order valence-electron chi connectivity index (χ0n) is 22.2. The van der Waals surface area contributed by atoms with Crippen molar-refractivity contribution in [3.05, 3.63) is 88.0 Å². The minimum absolute atomic E-state index is 0.781. The van der Waals surface area contributed by atoms with Gasteiger partial charge in [0.1, 0.15) is 0 Å². The summed E-state index contributed by atoms with van der Waals surface area (Å²) in [5, 5.41) is 0.845. The van der Waals surface area contributed by atoms with Crippen LogP contribution in [0, 0.1) is 26.7 Å². The fraction of sp³-hybridized carbons (Fsp3) is 0.500. The third-order valence-electron chi connectivity index (χ3n) is 6.27. The molecule has 0 aliphatic heterocycles. The third-order valence-corrected chi connectivity index (χ3v) is 6.53. The molecular weight excluding hydrogens is 424 g/mol. The molecule has 0 atom stereocenters. The van der Waals surface area contributed by atoms with Crippen molar-refractivity contribution in [1.29, 1.82) is 0 Å². The van der Waals surface area contributed by atoms with E-state index in [9.17, 15) is 0 Å². The molecule has 1 saturated carbocycles. The molecule has 3 heteroatoms. The first-order chi connectivity index (χ1) is 15.9. The Morgan fingerprint density at radius 1 is 0.848 bits per heavy atom. The minimum Gasteiger partial charge on any atom is -0.345 e. The van der Waals surface area contributed by atoms with Gasteiger partial charge in [0.2, 0.25) is 0 Å². The predicted molar refractivity (Wildman–Crippen MR) is 147 cm³/mol. The summed E-state index contributed by atoms with van der Waals surface area (Å²) >= 11 is 5.87. The molecule has 1 aromatic carbocycles. The topological polar surface area (TPSA) is 17.8 Å². The Kier molecular flexibility index (Phi) is 13.8. The summed E-state index contributed by atoms with van der Waals surface area (Å²) in [6.07, 6.45) is 9.15. The quantitative estimate of drug-likeness (QED) is 0.374. The van der Waals surface area contributed by atoms with Crippen molar-refractivity contribution in [3.8, 4) is 0 Å². The van der Waals surface area contributed by atoms with Crippen molar-refractivity contribution in [2.75, 3.05) is 0 Å². The Hall–Kier alpha value is -2.06. The Balaban J connectivity index is 0.000000288. The molecule has 0 radical (unpaired) electrons. The Bertz CT molecular complexity index is 889. The van der Waals surface area contributed by atoms with Crippen LogP contribution in [-0.2, 0) is 6.54 Å². The summed E-state index contributed by atoms with van der Waals surface area (Å²) < 4.78 is 2.34. The number of halogens is 1. The maximum absolute atomic E-state index is 5.87.